The molecule has 1 N–H and O–H groups in total. The fourth-order valence-corrected chi connectivity index (χ4v) is 2.40. The van der Waals surface area contributed by atoms with Crippen molar-refractivity contribution in [2.24, 2.45) is 0 Å². The number of alkyl carbamates (subject to hydrolysis) is 1. The number of nitrogens with zero attached hydrogens (tertiary/aromatic N) is 1. The second-order valence-corrected chi connectivity index (χ2v) is 5.91. The summed E-state index contributed by atoms with van der Waals surface area (Å²) in [6.45, 7) is 0.542. The molecule has 0 fully saturated rings. The van der Waals surface area contributed by atoms with Gasteiger partial charge in [-0.3, -0.25) is 10.1 Å². The molecule has 0 aliphatic carbocycles. The molecule has 3 aromatic rings. The van der Waals surface area contributed by atoms with Crippen molar-refractivity contribution in [2.75, 3.05) is 0 Å². The summed E-state index contributed by atoms with van der Waals surface area (Å²) in [7, 11) is 0. The number of nitro benzene ring substituents is 1. The van der Waals surface area contributed by atoms with Crippen molar-refractivity contribution in [3.63, 3.8) is 0 Å². The third-order valence-electron chi connectivity index (χ3n) is 3.86. The van der Waals surface area contributed by atoms with Gasteiger partial charge in [-0.05, 0) is 35.4 Å². The molecule has 0 heterocycles. The molecule has 0 spiro atoms. The summed E-state index contributed by atoms with van der Waals surface area (Å²) in [5.74, 6) is 1.09. The molecular formula is C21H18N2O5. The zero-order valence-electron chi connectivity index (χ0n) is 14.9. The van der Waals surface area contributed by atoms with Crippen LogP contribution in [0.15, 0.2) is 78.9 Å². The molecule has 0 saturated heterocycles. The highest BCUT2D eigenvalue weighted by molar-refractivity contribution is 5.67. The number of hydrogen-bond donors (Lipinski definition) is 1. The molecule has 0 radical (unpaired) electrons. The molecule has 0 aromatic heterocycles. The van der Waals surface area contributed by atoms with Crippen LogP contribution in [0.4, 0.5) is 10.5 Å². The first-order valence-corrected chi connectivity index (χ1v) is 8.56. The van der Waals surface area contributed by atoms with Crippen LogP contribution in [0.1, 0.15) is 11.1 Å². The molecule has 0 saturated carbocycles. The van der Waals surface area contributed by atoms with E-state index in [-0.39, 0.29) is 12.3 Å². The predicted octanol–water partition coefficient (Wildman–Crippen LogP) is 4.81. The number of non-ortho nitro benzene ring substituents is 1. The number of hydrogen-bond acceptors (Lipinski definition) is 5. The van der Waals surface area contributed by atoms with Crippen molar-refractivity contribution in [1.29, 1.82) is 0 Å². The van der Waals surface area contributed by atoms with Crippen LogP contribution in [-0.4, -0.2) is 11.0 Å². The fourth-order valence-electron chi connectivity index (χ4n) is 2.40. The SMILES string of the molecule is O=C(NCc1ccc(Oc2ccc([N+](=O)[O-])cc2)cc1)OCc1ccccc1. The molecule has 7 heteroatoms. The van der Waals surface area contributed by atoms with E-state index < -0.39 is 11.0 Å². The first kappa shape index (κ1) is 18.9. The molecule has 3 aromatic carbocycles. The van der Waals surface area contributed by atoms with Crippen LogP contribution in [0.25, 0.3) is 0 Å². The summed E-state index contributed by atoms with van der Waals surface area (Å²) in [6, 6.07) is 22.4. The van der Waals surface area contributed by atoms with Gasteiger partial charge in [-0.15, -0.1) is 0 Å². The van der Waals surface area contributed by atoms with Crippen molar-refractivity contribution in [2.45, 2.75) is 13.2 Å². The minimum atomic E-state index is -0.491. The zero-order valence-corrected chi connectivity index (χ0v) is 14.9. The third-order valence-corrected chi connectivity index (χ3v) is 3.86. The highest BCUT2D eigenvalue weighted by Gasteiger charge is 2.06. The van der Waals surface area contributed by atoms with Crippen molar-refractivity contribution in [1.82, 2.24) is 5.32 Å². The van der Waals surface area contributed by atoms with Gasteiger partial charge in [0.15, 0.2) is 0 Å². The number of amides is 1. The quantitative estimate of drug-likeness (QED) is 0.470. The molecule has 3 rings (SSSR count). The van der Waals surface area contributed by atoms with Gasteiger partial charge in [-0.1, -0.05) is 42.5 Å². The monoisotopic (exact) mass is 378 g/mol. The first-order chi connectivity index (χ1) is 13.6. The summed E-state index contributed by atoms with van der Waals surface area (Å²) in [6.07, 6.45) is -0.491. The van der Waals surface area contributed by atoms with E-state index in [1.807, 2.05) is 42.5 Å². The van der Waals surface area contributed by atoms with E-state index >= 15 is 0 Å². The number of benzene rings is 3. The molecule has 142 valence electrons. The van der Waals surface area contributed by atoms with E-state index in [9.17, 15) is 14.9 Å². The van der Waals surface area contributed by atoms with Gasteiger partial charge in [-0.2, -0.15) is 0 Å². The Bertz CT molecular complexity index is 925. The summed E-state index contributed by atoms with van der Waals surface area (Å²) in [5, 5.41) is 13.3. The van der Waals surface area contributed by atoms with Gasteiger partial charge >= 0.3 is 6.09 Å². The second-order valence-electron chi connectivity index (χ2n) is 5.91. The lowest BCUT2D eigenvalue weighted by Gasteiger charge is -2.09. The van der Waals surface area contributed by atoms with Crippen LogP contribution in [0.3, 0.4) is 0 Å². The molecule has 1 amide bonds. The van der Waals surface area contributed by atoms with Crippen LogP contribution in [-0.2, 0) is 17.9 Å². The maximum atomic E-state index is 11.8. The molecule has 0 bridgehead atoms. The van der Waals surface area contributed by atoms with Gasteiger partial charge < -0.3 is 14.8 Å². The van der Waals surface area contributed by atoms with Crippen molar-refractivity contribution >= 4 is 11.8 Å². The summed E-state index contributed by atoms with van der Waals surface area (Å²) in [5.41, 5.74) is 1.81. The summed E-state index contributed by atoms with van der Waals surface area (Å²) >= 11 is 0. The van der Waals surface area contributed by atoms with E-state index in [1.165, 1.54) is 24.3 Å². The standard InChI is InChI=1S/C21H18N2O5/c24-21(27-15-17-4-2-1-3-5-17)22-14-16-6-10-19(11-7-16)28-20-12-8-18(9-13-20)23(25)26/h1-13H,14-15H2,(H,22,24). The van der Waals surface area contributed by atoms with Crippen molar-refractivity contribution in [3.05, 3.63) is 100 Å². The molecule has 0 atom stereocenters. The first-order valence-electron chi connectivity index (χ1n) is 8.56. The smallest absolute Gasteiger partial charge is 0.407 e. The van der Waals surface area contributed by atoms with Crippen molar-refractivity contribution < 1.29 is 19.2 Å². The van der Waals surface area contributed by atoms with Gasteiger partial charge in [0.05, 0.1) is 4.92 Å². The lowest BCUT2D eigenvalue weighted by Crippen LogP contribution is -2.23. The number of nitrogens with one attached hydrogen (secondary N) is 1. The topological polar surface area (TPSA) is 90.7 Å². The minimum absolute atomic E-state index is 0.00734. The number of carbonyl (C=O) groups is 1. The normalized spacial score (nSPS) is 10.1. The van der Waals surface area contributed by atoms with Crippen LogP contribution >= 0.6 is 0 Å². The Kier molecular flexibility index (Phi) is 6.20. The number of nitro groups is 1. The van der Waals surface area contributed by atoms with Crippen LogP contribution < -0.4 is 10.1 Å². The molecule has 7 nitrogen and oxygen atoms in total. The van der Waals surface area contributed by atoms with Gasteiger partial charge in [0.2, 0.25) is 0 Å². The van der Waals surface area contributed by atoms with E-state index in [1.54, 1.807) is 12.1 Å². The molecule has 0 aliphatic rings. The highest BCUT2D eigenvalue weighted by atomic mass is 16.6. The largest absolute Gasteiger partial charge is 0.457 e. The average Bonchev–Trinajstić information content (AvgIpc) is 2.73. The Morgan fingerprint density at radius 1 is 0.857 bits per heavy atom. The van der Waals surface area contributed by atoms with E-state index in [0.717, 1.165) is 11.1 Å². The van der Waals surface area contributed by atoms with Crippen LogP contribution in [0.5, 0.6) is 11.5 Å². The summed E-state index contributed by atoms with van der Waals surface area (Å²) in [4.78, 5) is 22.0. The predicted molar refractivity (Wildman–Crippen MR) is 103 cm³/mol. The number of ether oxygens (including phenoxy) is 2. The molecule has 0 unspecified atom stereocenters. The minimum Gasteiger partial charge on any atom is -0.457 e. The van der Waals surface area contributed by atoms with Crippen LogP contribution in [0, 0.1) is 10.1 Å². The summed E-state index contributed by atoms with van der Waals surface area (Å²) < 4.78 is 10.8. The number of carbonyl (C=O) groups excluding carboxylic acids is 1. The van der Waals surface area contributed by atoms with Crippen LogP contribution in [0.2, 0.25) is 0 Å². The number of rotatable bonds is 7. The second kappa shape index (κ2) is 9.18. The lowest BCUT2D eigenvalue weighted by molar-refractivity contribution is -0.384. The maximum Gasteiger partial charge on any atom is 0.407 e. The third kappa shape index (κ3) is 5.57. The Hall–Kier alpha value is -3.87. The van der Waals surface area contributed by atoms with Gasteiger partial charge in [-0.25, -0.2) is 4.79 Å². The molecule has 28 heavy (non-hydrogen) atoms. The van der Waals surface area contributed by atoms with E-state index in [2.05, 4.69) is 5.32 Å². The van der Waals surface area contributed by atoms with E-state index in [0.29, 0.717) is 18.0 Å². The Morgan fingerprint density at radius 3 is 2.07 bits per heavy atom. The molecular weight excluding hydrogens is 360 g/mol. The Morgan fingerprint density at radius 2 is 1.46 bits per heavy atom. The van der Waals surface area contributed by atoms with E-state index in [4.69, 9.17) is 9.47 Å². The van der Waals surface area contributed by atoms with Gasteiger partial charge in [0.25, 0.3) is 5.69 Å². The Labute approximate surface area is 161 Å². The Balaban J connectivity index is 1.46. The highest BCUT2D eigenvalue weighted by Crippen LogP contribution is 2.24. The van der Waals surface area contributed by atoms with Gasteiger partial charge in [0, 0.05) is 18.7 Å². The fraction of sp³-hybridized carbons (Fsp3) is 0.0952. The van der Waals surface area contributed by atoms with Crippen molar-refractivity contribution in [3.8, 4) is 11.5 Å². The maximum absolute atomic E-state index is 11.8. The molecule has 0 aliphatic heterocycles. The zero-order chi connectivity index (χ0) is 19.8. The lowest BCUT2D eigenvalue weighted by atomic mass is 10.2. The van der Waals surface area contributed by atoms with Gasteiger partial charge in [0.1, 0.15) is 18.1 Å². The average molecular weight is 378 g/mol.